The predicted molar refractivity (Wildman–Crippen MR) is 78.4 cm³/mol. The van der Waals surface area contributed by atoms with Crippen molar-refractivity contribution in [2.75, 3.05) is 5.73 Å². The number of para-hydroxylation sites is 1. The third kappa shape index (κ3) is 2.76. The van der Waals surface area contributed by atoms with Gasteiger partial charge in [0.05, 0.1) is 12.3 Å². The standard InChI is InChI=1S/C15H13ClN2O2/c16-11-4-1-3-10(7-11)8-19-9-14-18-15-12(17)5-2-6-13(15)20-14/h1-7H,8-9,17H2. The van der Waals surface area contributed by atoms with Crippen molar-refractivity contribution in [1.82, 2.24) is 4.98 Å². The number of hydrogen-bond acceptors (Lipinski definition) is 4. The second-order valence-electron chi connectivity index (χ2n) is 4.42. The van der Waals surface area contributed by atoms with E-state index in [1.807, 2.05) is 36.4 Å². The van der Waals surface area contributed by atoms with Gasteiger partial charge in [0.1, 0.15) is 12.1 Å². The van der Waals surface area contributed by atoms with Crippen LogP contribution in [0.4, 0.5) is 5.69 Å². The van der Waals surface area contributed by atoms with E-state index in [0.717, 1.165) is 5.56 Å². The molecule has 3 rings (SSSR count). The SMILES string of the molecule is Nc1cccc2oc(COCc3cccc(Cl)c3)nc12. The molecular weight excluding hydrogens is 276 g/mol. The predicted octanol–water partition coefficient (Wildman–Crippen LogP) is 3.78. The number of anilines is 1. The van der Waals surface area contributed by atoms with Crippen LogP contribution in [0.25, 0.3) is 11.1 Å². The maximum Gasteiger partial charge on any atom is 0.221 e. The molecule has 20 heavy (non-hydrogen) atoms. The van der Waals surface area contributed by atoms with Gasteiger partial charge in [-0.3, -0.25) is 0 Å². The van der Waals surface area contributed by atoms with Crippen LogP contribution < -0.4 is 5.73 Å². The lowest BCUT2D eigenvalue weighted by Gasteiger charge is -2.02. The first kappa shape index (κ1) is 13.0. The Morgan fingerprint density at radius 1 is 1.15 bits per heavy atom. The molecule has 0 fully saturated rings. The fraction of sp³-hybridized carbons (Fsp3) is 0.133. The van der Waals surface area contributed by atoms with Gasteiger partial charge in [0.15, 0.2) is 5.58 Å². The topological polar surface area (TPSA) is 61.3 Å². The van der Waals surface area contributed by atoms with Gasteiger partial charge in [-0.05, 0) is 29.8 Å². The van der Waals surface area contributed by atoms with Crippen LogP contribution in [0.5, 0.6) is 0 Å². The molecule has 0 atom stereocenters. The fourth-order valence-electron chi connectivity index (χ4n) is 1.96. The number of rotatable bonds is 4. The van der Waals surface area contributed by atoms with Crippen LogP contribution in [0.2, 0.25) is 5.02 Å². The van der Waals surface area contributed by atoms with E-state index >= 15 is 0 Å². The number of benzene rings is 2. The zero-order chi connectivity index (χ0) is 13.9. The summed E-state index contributed by atoms with van der Waals surface area (Å²) in [6.07, 6.45) is 0. The smallest absolute Gasteiger partial charge is 0.221 e. The summed E-state index contributed by atoms with van der Waals surface area (Å²) in [5, 5.41) is 0.695. The second kappa shape index (κ2) is 5.53. The van der Waals surface area contributed by atoms with Crippen LogP contribution in [-0.4, -0.2) is 4.98 Å². The Morgan fingerprint density at radius 2 is 2.00 bits per heavy atom. The zero-order valence-corrected chi connectivity index (χ0v) is 11.4. The maximum atomic E-state index is 5.91. The van der Waals surface area contributed by atoms with E-state index in [0.29, 0.717) is 40.9 Å². The van der Waals surface area contributed by atoms with Crippen molar-refractivity contribution in [3.05, 3.63) is 58.9 Å². The van der Waals surface area contributed by atoms with Gasteiger partial charge in [-0.15, -0.1) is 0 Å². The van der Waals surface area contributed by atoms with Crippen LogP contribution in [0, 0.1) is 0 Å². The van der Waals surface area contributed by atoms with E-state index in [4.69, 9.17) is 26.5 Å². The number of nitrogens with two attached hydrogens (primary N) is 1. The molecule has 0 bridgehead atoms. The zero-order valence-electron chi connectivity index (χ0n) is 10.7. The van der Waals surface area contributed by atoms with Gasteiger partial charge in [0.2, 0.25) is 5.89 Å². The third-order valence-corrected chi connectivity index (χ3v) is 3.11. The molecule has 4 nitrogen and oxygen atoms in total. The first-order chi connectivity index (χ1) is 9.72. The Morgan fingerprint density at radius 3 is 2.80 bits per heavy atom. The highest BCUT2D eigenvalue weighted by Gasteiger charge is 2.08. The quantitative estimate of drug-likeness (QED) is 0.742. The third-order valence-electron chi connectivity index (χ3n) is 2.88. The van der Waals surface area contributed by atoms with Crippen molar-refractivity contribution in [2.45, 2.75) is 13.2 Å². The molecule has 1 heterocycles. The number of hydrogen-bond donors (Lipinski definition) is 1. The number of halogens is 1. The van der Waals surface area contributed by atoms with Crippen LogP contribution in [0.1, 0.15) is 11.5 Å². The molecule has 0 saturated carbocycles. The Bertz CT molecular complexity index is 740. The highest BCUT2D eigenvalue weighted by Crippen LogP contribution is 2.21. The number of fused-ring (bicyclic) bond motifs is 1. The Balaban J connectivity index is 1.67. The molecule has 0 amide bonds. The summed E-state index contributed by atoms with van der Waals surface area (Å²) in [6, 6.07) is 13.0. The molecule has 0 saturated heterocycles. The van der Waals surface area contributed by atoms with Crippen molar-refractivity contribution in [2.24, 2.45) is 0 Å². The van der Waals surface area contributed by atoms with E-state index in [2.05, 4.69) is 4.98 Å². The fourth-order valence-corrected chi connectivity index (χ4v) is 2.17. The van der Waals surface area contributed by atoms with Crippen molar-refractivity contribution < 1.29 is 9.15 Å². The number of nitrogen functional groups attached to an aromatic ring is 1. The summed E-state index contributed by atoms with van der Waals surface area (Å²) in [4.78, 5) is 4.32. The average Bonchev–Trinajstić information content (AvgIpc) is 2.83. The maximum absolute atomic E-state index is 5.91. The first-order valence-electron chi connectivity index (χ1n) is 6.18. The Hall–Kier alpha value is -2.04. The summed E-state index contributed by atoms with van der Waals surface area (Å²) in [5.74, 6) is 0.514. The molecule has 1 aromatic heterocycles. The van der Waals surface area contributed by atoms with Crippen molar-refractivity contribution in [1.29, 1.82) is 0 Å². The number of aromatic nitrogens is 1. The molecule has 102 valence electrons. The van der Waals surface area contributed by atoms with Crippen LogP contribution in [-0.2, 0) is 18.0 Å². The van der Waals surface area contributed by atoms with Gasteiger partial charge in [0, 0.05) is 5.02 Å². The number of nitrogens with zero attached hydrogens (tertiary/aromatic N) is 1. The largest absolute Gasteiger partial charge is 0.438 e. The van der Waals surface area contributed by atoms with Crippen molar-refractivity contribution in [3.8, 4) is 0 Å². The molecule has 2 N–H and O–H groups in total. The van der Waals surface area contributed by atoms with E-state index in [1.54, 1.807) is 6.07 Å². The highest BCUT2D eigenvalue weighted by atomic mass is 35.5. The highest BCUT2D eigenvalue weighted by molar-refractivity contribution is 6.30. The molecule has 0 radical (unpaired) electrons. The van der Waals surface area contributed by atoms with Gasteiger partial charge >= 0.3 is 0 Å². The lowest BCUT2D eigenvalue weighted by molar-refractivity contribution is 0.0907. The number of oxazole rings is 1. The monoisotopic (exact) mass is 288 g/mol. The molecule has 0 spiro atoms. The lowest BCUT2D eigenvalue weighted by atomic mass is 10.2. The molecular formula is C15H13ClN2O2. The first-order valence-corrected chi connectivity index (χ1v) is 6.56. The minimum atomic E-state index is 0.292. The Kier molecular flexibility index (Phi) is 3.58. The van der Waals surface area contributed by atoms with Crippen LogP contribution in [0.3, 0.4) is 0 Å². The summed E-state index contributed by atoms with van der Waals surface area (Å²) in [6.45, 7) is 0.745. The van der Waals surface area contributed by atoms with Crippen LogP contribution in [0.15, 0.2) is 46.9 Å². The van der Waals surface area contributed by atoms with Gasteiger partial charge < -0.3 is 14.9 Å². The average molecular weight is 289 g/mol. The minimum absolute atomic E-state index is 0.292. The molecule has 0 aliphatic rings. The van der Waals surface area contributed by atoms with E-state index < -0.39 is 0 Å². The summed E-state index contributed by atoms with van der Waals surface area (Å²) >= 11 is 5.91. The molecule has 0 aliphatic heterocycles. The normalized spacial score (nSPS) is 11.1. The van der Waals surface area contributed by atoms with E-state index in [9.17, 15) is 0 Å². The van der Waals surface area contributed by atoms with E-state index in [1.165, 1.54) is 0 Å². The van der Waals surface area contributed by atoms with Crippen molar-refractivity contribution in [3.63, 3.8) is 0 Å². The van der Waals surface area contributed by atoms with Gasteiger partial charge in [-0.1, -0.05) is 29.8 Å². The summed E-state index contributed by atoms with van der Waals surface area (Å²) in [5.41, 5.74) is 8.79. The van der Waals surface area contributed by atoms with Gasteiger partial charge in [0.25, 0.3) is 0 Å². The summed E-state index contributed by atoms with van der Waals surface area (Å²) in [7, 11) is 0. The lowest BCUT2D eigenvalue weighted by Crippen LogP contribution is -1.94. The molecule has 2 aromatic carbocycles. The van der Waals surface area contributed by atoms with Gasteiger partial charge in [-0.2, -0.15) is 0 Å². The van der Waals surface area contributed by atoms with Gasteiger partial charge in [-0.25, -0.2) is 4.98 Å². The second-order valence-corrected chi connectivity index (χ2v) is 4.86. The number of ether oxygens (including phenoxy) is 1. The molecule has 0 aliphatic carbocycles. The minimum Gasteiger partial charge on any atom is -0.438 e. The molecule has 3 aromatic rings. The Labute approximate surface area is 121 Å². The molecule has 5 heteroatoms. The van der Waals surface area contributed by atoms with E-state index in [-0.39, 0.29) is 0 Å². The molecule has 0 unspecified atom stereocenters. The van der Waals surface area contributed by atoms with Crippen molar-refractivity contribution >= 4 is 28.4 Å². The summed E-state index contributed by atoms with van der Waals surface area (Å²) < 4.78 is 11.1. The van der Waals surface area contributed by atoms with Crippen LogP contribution >= 0.6 is 11.6 Å².